The van der Waals surface area contributed by atoms with Crippen molar-refractivity contribution in [3.05, 3.63) is 41.5 Å². The van der Waals surface area contributed by atoms with Crippen molar-refractivity contribution < 1.29 is 14.1 Å². The van der Waals surface area contributed by atoms with Gasteiger partial charge in [0.1, 0.15) is 0 Å². The predicted molar refractivity (Wildman–Crippen MR) is 117 cm³/mol. The highest BCUT2D eigenvalue weighted by Gasteiger charge is 2.27. The number of hydrogen-bond acceptors (Lipinski definition) is 6. The summed E-state index contributed by atoms with van der Waals surface area (Å²) in [4.78, 5) is 35.6. The Balaban J connectivity index is 1.17. The number of piperazine rings is 1. The Morgan fingerprint density at radius 1 is 1.03 bits per heavy atom. The maximum absolute atomic E-state index is 12.8. The first-order valence-electron chi connectivity index (χ1n) is 11.3. The van der Waals surface area contributed by atoms with E-state index in [-0.39, 0.29) is 11.8 Å². The van der Waals surface area contributed by atoms with Gasteiger partial charge in [-0.1, -0.05) is 30.3 Å². The lowest BCUT2D eigenvalue weighted by molar-refractivity contribution is -0.133. The van der Waals surface area contributed by atoms with E-state index in [2.05, 4.69) is 28.0 Å². The molecule has 0 radical (unpaired) electrons. The second-order valence-electron chi connectivity index (χ2n) is 8.29. The molecule has 2 aromatic rings. The van der Waals surface area contributed by atoms with Gasteiger partial charge in [0.15, 0.2) is 5.82 Å². The smallest absolute Gasteiger partial charge is 0.241 e. The van der Waals surface area contributed by atoms with Crippen LogP contribution >= 0.6 is 0 Å². The summed E-state index contributed by atoms with van der Waals surface area (Å²) in [5.41, 5.74) is 2.29. The summed E-state index contributed by atoms with van der Waals surface area (Å²) in [7, 11) is 0. The third-order valence-electron chi connectivity index (χ3n) is 6.04. The molecule has 0 aliphatic carbocycles. The van der Waals surface area contributed by atoms with Gasteiger partial charge >= 0.3 is 0 Å². The zero-order chi connectivity index (χ0) is 21.6. The molecule has 4 rings (SSSR count). The summed E-state index contributed by atoms with van der Waals surface area (Å²) in [6.07, 6.45) is 4.55. The molecule has 0 bridgehead atoms. The van der Waals surface area contributed by atoms with Gasteiger partial charge in [0.25, 0.3) is 0 Å². The Morgan fingerprint density at radius 2 is 1.84 bits per heavy atom. The summed E-state index contributed by atoms with van der Waals surface area (Å²) >= 11 is 0. The molecule has 1 fully saturated rings. The number of carbonyl (C=O) groups excluding carboxylic acids is 2. The molecule has 0 unspecified atom stereocenters. The summed E-state index contributed by atoms with van der Waals surface area (Å²) in [6, 6.07) is 8.12. The first-order chi connectivity index (χ1) is 15.1. The number of benzene rings is 1. The van der Waals surface area contributed by atoms with Crippen molar-refractivity contribution in [1.29, 1.82) is 0 Å². The van der Waals surface area contributed by atoms with Gasteiger partial charge in [-0.25, -0.2) is 0 Å². The van der Waals surface area contributed by atoms with E-state index in [9.17, 15) is 9.59 Å². The molecule has 0 N–H and O–H groups in total. The highest BCUT2D eigenvalue weighted by Crippen LogP contribution is 2.27. The number of rotatable bonds is 8. The van der Waals surface area contributed by atoms with Gasteiger partial charge in [0.2, 0.25) is 17.7 Å². The molecule has 2 amide bonds. The highest BCUT2D eigenvalue weighted by atomic mass is 16.5. The summed E-state index contributed by atoms with van der Waals surface area (Å²) in [5, 5.41) is 3.95. The van der Waals surface area contributed by atoms with Crippen molar-refractivity contribution >= 4 is 17.5 Å². The molecule has 0 saturated carbocycles. The van der Waals surface area contributed by atoms with E-state index in [1.54, 1.807) is 0 Å². The fourth-order valence-corrected chi connectivity index (χ4v) is 4.30. The van der Waals surface area contributed by atoms with E-state index < -0.39 is 0 Å². The number of carbonyl (C=O) groups is 2. The van der Waals surface area contributed by atoms with Gasteiger partial charge in [0, 0.05) is 57.7 Å². The van der Waals surface area contributed by atoms with Crippen LogP contribution in [0.4, 0.5) is 5.69 Å². The van der Waals surface area contributed by atoms with Crippen molar-refractivity contribution in [3.63, 3.8) is 0 Å². The van der Waals surface area contributed by atoms with Crippen LogP contribution in [0.15, 0.2) is 28.8 Å². The number of nitrogens with zero attached hydrogens (tertiary/aromatic N) is 5. The normalized spacial score (nSPS) is 16.5. The zero-order valence-electron chi connectivity index (χ0n) is 18.3. The second-order valence-corrected chi connectivity index (χ2v) is 8.29. The van der Waals surface area contributed by atoms with E-state index in [4.69, 9.17) is 4.52 Å². The Hall–Kier alpha value is -2.74. The molecule has 0 atom stereocenters. The number of para-hydroxylation sites is 1. The molecular formula is C23H31N5O3. The Bertz CT molecular complexity index is 904. The molecule has 2 aliphatic rings. The van der Waals surface area contributed by atoms with Crippen LogP contribution in [0, 0.1) is 0 Å². The predicted octanol–water partition coefficient (Wildman–Crippen LogP) is 2.08. The lowest BCUT2D eigenvalue weighted by Gasteiger charge is -2.35. The fraction of sp³-hybridized carbons (Fsp3) is 0.565. The van der Waals surface area contributed by atoms with Gasteiger partial charge in [-0.3, -0.25) is 14.5 Å². The van der Waals surface area contributed by atoms with Crippen molar-refractivity contribution in [2.75, 3.05) is 44.2 Å². The minimum atomic E-state index is 0.145. The van der Waals surface area contributed by atoms with Crippen LogP contribution in [0.1, 0.15) is 43.5 Å². The Labute approximate surface area is 183 Å². The largest absolute Gasteiger partial charge is 0.340 e. The molecule has 166 valence electrons. The first-order valence-corrected chi connectivity index (χ1v) is 11.3. The minimum Gasteiger partial charge on any atom is -0.340 e. The monoisotopic (exact) mass is 425 g/mol. The first kappa shape index (κ1) is 21.5. The number of amides is 2. The third kappa shape index (κ3) is 5.31. The fourth-order valence-electron chi connectivity index (χ4n) is 4.30. The minimum absolute atomic E-state index is 0.145. The SMILES string of the molecule is CCCc1noc(CCCC(=O)N2CCN(CC(=O)N3CCc4ccccc43)CC2)n1. The van der Waals surface area contributed by atoms with E-state index in [1.165, 1.54) is 5.56 Å². The molecule has 0 spiro atoms. The second kappa shape index (κ2) is 10.0. The zero-order valence-corrected chi connectivity index (χ0v) is 18.3. The standard InChI is InChI=1S/C23H31N5O3/c1-2-6-20-24-21(31-25-20)9-5-10-22(29)27-15-13-26(14-16-27)17-23(30)28-12-11-18-7-3-4-8-19(18)28/h3-4,7-8H,2,5-6,9-17H2,1H3. The molecule has 2 aliphatic heterocycles. The van der Waals surface area contributed by atoms with Crippen molar-refractivity contribution in [3.8, 4) is 0 Å². The lowest BCUT2D eigenvalue weighted by atomic mass is 10.2. The van der Waals surface area contributed by atoms with Crippen LogP contribution in [-0.2, 0) is 28.9 Å². The van der Waals surface area contributed by atoms with E-state index in [0.717, 1.165) is 50.4 Å². The number of hydrogen-bond donors (Lipinski definition) is 0. The molecule has 31 heavy (non-hydrogen) atoms. The van der Waals surface area contributed by atoms with E-state index in [1.807, 2.05) is 28.0 Å². The molecule has 8 nitrogen and oxygen atoms in total. The molecule has 3 heterocycles. The number of aryl methyl sites for hydroxylation is 2. The average Bonchev–Trinajstić information content (AvgIpc) is 3.41. The maximum atomic E-state index is 12.8. The maximum Gasteiger partial charge on any atom is 0.241 e. The average molecular weight is 426 g/mol. The van der Waals surface area contributed by atoms with Gasteiger partial charge in [-0.05, 0) is 30.9 Å². The van der Waals surface area contributed by atoms with Crippen LogP contribution < -0.4 is 4.90 Å². The van der Waals surface area contributed by atoms with Gasteiger partial charge in [-0.2, -0.15) is 4.98 Å². The quantitative estimate of drug-likeness (QED) is 0.644. The Kier molecular flexibility index (Phi) is 6.96. The Morgan fingerprint density at radius 3 is 2.65 bits per heavy atom. The van der Waals surface area contributed by atoms with Crippen LogP contribution in [0.3, 0.4) is 0 Å². The third-order valence-corrected chi connectivity index (χ3v) is 6.04. The van der Waals surface area contributed by atoms with Crippen molar-refractivity contribution in [2.45, 2.75) is 45.4 Å². The highest BCUT2D eigenvalue weighted by molar-refractivity contribution is 5.96. The van der Waals surface area contributed by atoms with E-state index >= 15 is 0 Å². The molecule has 1 aromatic heterocycles. The molecular weight excluding hydrogens is 394 g/mol. The number of aromatic nitrogens is 2. The van der Waals surface area contributed by atoms with Crippen LogP contribution in [0.5, 0.6) is 0 Å². The summed E-state index contributed by atoms with van der Waals surface area (Å²) < 4.78 is 5.23. The van der Waals surface area contributed by atoms with Crippen LogP contribution in [-0.4, -0.2) is 71.0 Å². The van der Waals surface area contributed by atoms with Crippen LogP contribution in [0.2, 0.25) is 0 Å². The number of anilines is 1. The van der Waals surface area contributed by atoms with Gasteiger partial charge < -0.3 is 14.3 Å². The van der Waals surface area contributed by atoms with Crippen molar-refractivity contribution in [2.24, 2.45) is 0 Å². The summed E-state index contributed by atoms with van der Waals surface area (Å²) in [6.45, 7) is 6.06. The van der Waals surface area contributed by atoms with Gasteiger partial charge in [0.05, 0.1) is 6.54 Å². The molecule has 1 saturated heterocycles. The lowest BCUT2D eigenvalue weighted by Crippen LogP contribution is -2.51. The van der Waals surface area contributed by atoms with Crippen molar-refractivity contribution in [1.82, 2.24) is 19.9 Å². The topological polar surface area (TPSA) is 82.8 Å². The van der Waals surface area contributed by atoms with Gasteiger partial charge in [-0.15, -0.1) is 0 Å². The molecule has 8 heteroatoms. The molecule has 1 aromatic carbocycles. The van der Waals surface area contributed by atoms with E-state index in [0.29, 0.717) is 44.8 Å². The van der Waals surface area contributed by atoms with Crippen LogP contribution in [0.25, 0.3) is 0 Å². The number of fused-ring (bicyclic) bond motifs is 1. The summed E-state index contributed by atoms with van der Waals surface area (Å²) in [5.74, 6) is 1.66.